The van der Waals surface area contributed by atoms with Crippen LogP contribution in [0.5, 0.6) is 0 Å². The van der Waals surface area contributed by atoms with Gasteiger partial charge in [-0.25, -0.2) is 8.42 Å². The van der Waals surface area contributed by atoms with Crippen LogP contribution in [0.2, 0.25) is 0 Å². The Labute approximate surface area is 149 Å². The lowest BCUT2D eigenvalue weighted by atomic mass is 10.1. The third-order valence-corrected chi connectivity index (χ3v) is 6.32. The number of benzene rings is 1. The highest BCUT2D eigenvalue weighted by molar-refractivity contribution is 7.89. The van der Waals surface area contributed by atoms with Crippen molar-refractivity contribution < 1.29 is 22.7 Å². The Morgan fingerprint density at radius 3 is 2.40 bits per heavy atom. The first-order valence-electron chi connectivity index (χ1n) is 8.55. The van der Waals surface area contributed by atoms with Crippen molar-refractivity contribution in [2.24, 2.45) is 0 Å². The highest BCUT2D eigenvalue weighted by Gasteiger charge is 2.50. The second-order valence-electron chi connectivity index (χ2n) is 7.73. The molecule has 1 aromatic rings. The first-order valence-corrected chi connectivity index (χ1v) is 9.99. The van der Waals surface area contributed by atoms with Gasteiger partial charge in [-0.2, -0.15) is 4.31 Å². The first-order chi connectivity index (χ1) is 11.6. The number of esters is 1. The van der Waals surface area contributed by atoms with E-state index in [1.165, 1.54) is 4.31 Å². The van der Waals surface area contributed by atoms with Gasteiger partial charge in [0, 0.05) is 6.54 Å². The van der Waals surface area contributed by atoms with Crippen molar-refractivity contribution in [2.75, 3.05) is 6.54 Å². The molecule has 7 heteroatoms. The molecule has 3 atom stereocenters. The topological polar surface area (TPSA) is 76.2 Å². The van der Waals surface area contributed by atoms with E-state index in [1.807, 2.05) is 6.92 Å². The minimum Gasteiger partial charge on any atom is -0.459 e. The molecule has 0 amide bonds. The molecule has 0 unspecified atom stereocenters. The molecule has 2 heterocycles. The smallest absolute Gasteiger partial charge is 0.324 e. The molecule has 2 fully saturated rings. The number of hydrogen-bond donors (Lipinski definition) is 0. The Morgan fingerprint density at radius 2 is 1.80 bits per heavy atom. The second kappa shape index (κ2) is 6.37. The van der Waals surface area contributed by atoms with Crippen LogP contribution in [0.3, 0.4) is 0 Å². The fourth-order valence-corrected chi connectivity index (χ4v) is 4.70. The van der Waals surface area contributed by atoms with Crippen molar-refractivity contribution in [3.05, 3.63) is 29.8 Å². The maximum absolute atomic E-state index is 13.2. The van der Waals surface area contributed by atoms with Crippen LogP contribution in [0.4, 0.5) is 0 Å². The van der Waals surface area contributed by atoms with Gasteiger partial charge in [0.25, 0.3) is 0 Å². The van der Waals surface area contributed by atoms with Gasteiger partial charge in [0.1, 0.15) is 11.6 Å². The molecule has 0 saturated carbocycles. The van der Waals surface area contributed by atoms with Gasteiger partial charge in [0.2, 0.25) is 10.0 Å². The lowest BCUT2D eigenvalue weighted by molar-refractivity contribution is -0.159. The molecule has 1 aromatic carbocycles. The zero-order chi connectivity index (χ0) is 18.4. The van der Waals surface area contributed by atoms with E-state index in [9.17, 15) is 13.2 Å². The number of nitrogens with zero attached hydrogens (tertiary/aromatic N) is 1. The number of epoxide rings is 1. The zero-order valence-electron chi connectivity index (χ0n) is 15.1. The summed E-state index contributed by atoms with van der Waals surface area (Å²) in [6.07, 6.45) is 0.978. The molecule has 0 bridgehead atoms. The molecule has 2 aliphatic heterocycles. The van der Waals surface area contributed by atoms with Crippen LogP contribution in [0.15, 0.2) is 29.2 Å². The molecular weight excluding hydrogens is 342 g/mol. The molecule has 0 radical (unpaired) electrons. The Hall–Kier alpha value is -1.44. The van der Waals surface area contributed by atoms with Gasteiger partial charge in [0.05, 0.1) is 17.1 Å². The molecule has 0 spiro atoms. The van der Waals surface area contributed by atoms with Crippen LogP contribution in [0, 0.1) is 6.92 Å². The molecular formula is C18H25NO5S. The van der Waals surface area contributed by atoms with Gasteiger partial charge in [0.15, 0.2) is 0 Å². The summed E-state index contributed by atoms with van der Waals surface area (Å²) in [6.45, 7) is 7.42. The number of ether oxygens (including phenoxy) is 2. The number of carbonyl (C=O) groups is 1. The molecule has 138 valence electrons. The fourth-order valence-electron chi connectivity index (χ4n) is 3.08. The summed E-state index contributed by atoms with van der Waals surface area (Å²) in [4.78, 5) is 12.8. The van der Waals surface area contributed by atoms with Crippen molar-refractivity contribution in [3.63, 3.8) is 0 Å². The number of hydrogen-bond acceptors (Lipinski definition) is 5. The Balaban J connectivity index is 1.93. The number of sulfonamides is 1. The van der Waals surface area contributed by atoms with E-state index in [-0.39, 0.29) is 23.6 Å². The summed E-state index contributed by atoms with van der Waals surface area (Å²) in [6, 6.07) is 5.84. The van der Waals surface area contributed by atoms with Crippen molar-refractivity contribution in [3.8, 4) is 0 Å². The van der Waals surface area contributed by atoms with Gasteiger partial charge in [-0.05, 0) is 52.7 Å². The van der Waals surface area contributed by atoms with Crippen molar-refractivity contribution in [2.45, 2.75) is 69.3 Å². The van der Waals surface area contributed by atoms with E-state index in [0.717, 1.165) is 5.56 Å². The van der Waals surface area contributed by atoms with Gasteiger partial charge >= 0.3 is 5.97 Å². The van der Waals surface area contributed by atoms with E-state index < -0.39 is 27.6 Å². The molecule has 3 rings (SSSR count). The molecule has 0 aromatic heterocycles. The highest BCUT2D eigenvalue weighted by Crippen LogP contribution is 2.36. The van der Waals surface area contributed by atoms with Crippen LogP contribution in [0.1, 0.15) is 39.2 Å². The minimum atomic E-state index is -3.81. The summed E-state index contributed by atoms with van der Waals surface area (Å²) < 4.78 is 38.6. The van der Waals surface area contributed by atoms with Crippen molar-refractivity contribution in [1.82, 2.24) is 4.31 Å². The average molecular weight is 367 g/mol. The first kappa shape index (κ1) is 18.4. The third kappa shape index (κ3) is 4.04. The summed E-state index contributed by atoms with van der Waals surface area (Å²) in [5.41, 5.74) is 0.311. The quantitative estimate of drug-likeness (QED) is 0.605. The van der Waals surface area contributed by atoms with Gasteiger partial charge in [-0.15, -0.1) is 0 Å². The van der Waals surface area contributed by atoms with Crippen LogP contribution in [0.25, 0.3) is 0 Å². The molecule has 2 saturated heterocycles. The molecule has 25 heavy (non-hydrogen) atoms. The number of aryl methyl sites for hydroxylation is 1. The highest BCUT2D eigenvalue weighted by atomic mass is 32.2. The van der Waals surface area contributed by atoms with Crippen molar-refractivity contribution >= 4 is 16.0 Å². The summed E-state index contributed by atoms with van der Waals surface area (Å²) in [5, 5.41) is 0. The van der Waals surface area contributed by atoms with Gasteiger partial charge < -0.3 is 9.47 Å². The lowest BCUT2D eigenvalue weighted by Gasteiger charge is -2.30. The minimum absolute atomic E-state index is 0.0446. The third-order valence-electron chi connectivity index (χ3n) is 4.43. The van der Waals surface area contributed by atoms with Crippen LogP contribution < -0.4 is 0 Å². The fraction of sp³-hybridized carbons (Fsp3) is 0.611. The average Bonchev–Trinajstić information content (AvgIpc) is 3.23. The van der Waals surface area contributed by atoms with E-state index in [0.29, 0.717) is 12.8 Å². The van der Waals surface area contributed by atoms with Gasteiger partial charge in [-0.1, -0.05) is 17.7 Å². The standard InChI is InChI=1S/C18H25NO5S/c1-12-5-7-13(8-6-12)25(21,22)19-11-16-15(23-16)10-9-14(19)17(20)24-18(2,3)4/h5-8,14-16H,9-11H2,1-4H3/t14-,15-,16+/m0/s1. The van der Waals surface area contributed by atoms with Crippen LogP contribution in [-0.2, 0) is 24.3 Å². The molecule has 6 nitrogen and oxygen atoms in total. The number of fused-ring (bicyclic) bond motifs is 1. The Morgan fingerprint density at radius 1 is 1.16 bits per heavy atom. The molecule has 0 aliphatic carbocycles. The van der Waals surface area contributed by atoms with Crippen molar-refractivity contribution in [1.29, 1.82) is 0 Å². The normalized spacial score (nSPS) is 27.3. The molecule has 0 N–H and O–H groups in total. The van der Waals surface area contributed by atoms with E-state index in [1.54, 1.807) is 45.0 Å². The van der Waals surface area contributed by atoms with Crippen LogP contribution >= 0.6 is 0 Å². The van der Waals surface area contributed by atoms with E-state index >= 15 is 0 Å². The monoisotopic (exact) mass is 367 g/mol. The van der Waals surface area contributed by atoms with E-state index in [2.05, 4.69) is 0 Å². The maximum atomic E-state index is 13.2. The number of rotatable bonds is 3. The second-order valence-corrected chi connectivity index (χ2v) is 9.62. The summed E-state index contributed by atoms with van der Waals surface area (Å²) >= 11 is 0. The number of carbonyl (C=O) groups excluding carboxylic acids is 1. The lowest BCUT2D eigenvalue weighted by Crippen LogP contribution is -2.48. The Kier molecular flexibility index (Phi) is 4.68. The van der Waals surface area contributed by atoms with Crippen LogP contribution in [-0.4, -0.2) is 49.1 Å². The largest absolute Gasteiger partial charge is 0.459 e. The SMILES string of the molecule is Cc1ccc(S(=O)(=O)N2C[C@H]3O[C@H]3CC[C@H]2C(=O)OC(C)(C)C)cc1. The summed E-state index contributed by atoms with van der Waals surface area (Å²) in [5.74, 6) is -0.496. The predicted molar refractivity (Wildman–Crippen MR) is 92.6 cm³/mol. The molecule has 2 aliphatic rings. The van der Waals surface area contributed by atoms with E-state index in [4.69, 9.17) is 9.47 Å². The Bertz CT molecular complexity index is 751. The zero-order valence-corrected chi connectivity index (χ0v) is 15.9. The van der Waals surface area contributed by atoms with Gasteiger partial charge in [-0.3, -0.25) is 4.79 Å². The predicted octanol–water partition coefficient (Wildman–Crippen LogP) is 2.26. The summed E-state index contributed by atoms with van der Waals surface area (Å²) in [7, 11) is -3.81. The maximum Gasteiger partial charge on any atom is 0.324 e.